The molecule has 1 spiro atoms. The predicted octanol–water partition coefficient (Wildman–Crippen LogP) is 2.52. The molecule has 4 rings (SSSR count). The van der Waals surface area contributed by atoms with E-state index >= 15 is 0 Å². The number of nitrogens with one attached hydrogen (secondary N) is 1. The number of hydrogen-bond donors (Lipinski definition) is 1. The Bertz CT molecular complexity index is 840. The second-order valence-electron chi connectivity index (χ2n) is 7.03. The van der Waals surface area contributed by atoms with E-state index in [1.165, 1.54) is 0 Å². The standard InChI is InChI=1S/C20H24N4O4/c1-14-3-5-17(26-2)16(13-14)21-18-6-4-15(22-23-18)19(25)24-9-7-20(8-10-24)27-11-12-28-20/h3-6,13H,7-12H2,1-2H3,(H,21,23). The van der Waals surface area contributed by atoms with Crippen LogP contribution in [0, 0.1) is 6.92 Å². The molecule has 0 saturated carbocycles. The van der Waals surface area contributed by atoms with Crippen molar-refractivity contribution in [3.05, 3.63) is 41.6 Å². The number of anilines is 2. The SMILES string of the molecule is COc1ccc(C)cc1Nc1ccc(C(=O)N2CCC3(CC2)OCCO3)nn1. The molecule has 1 aromatic heterocycles. The minimum atomic E-state index is -0.497. The zero-order valence-electron chi connectivity index (χ0n) is 16.1. The van der Waals surface area contributed by atoms with Gasteiger partial charge in [0.05, 0.1) is 26.0 Å². The predicted molar refractivity (Wildman–Crippen MR) is 103 cm³/mol. The van der Waals surface area contributed by atoms with Gasteiger partial charge in [-0.2, -0.15) is 0 Å². The van der Waals surface area contributed by atoms with Crippen LogP contribution in [0.4, 0.5) is 11.5 Å². The number of amides is 1. The van der Waals surface area contributed by atoms with Crippen molar-refractivity contribution < 1.29 is 19.0 Å². The molecular weight excluding hydrogens is 360 g/mol. The fraction of sp³-hybridized carbons (Fsp3) is 0.450. The molecule has 28 heavy (non-hydrogen) atoms. The number of rotatable bonds is 4. The van der Waals surface area contributed by atoms with Gasteiger partial charge < -0.3 is 24.4 Å². The van der Waals surface area contributed by atoms with Gasteiger partial charge in [0.1, 0.15) is 5.75 Å². The van der Waals surface area contributed by atoms with Gasteiger partial charge in [0.15, 0.2) is 17.3 Å². The van der Waals surface area contributed by atoms with Crippen molar-refractivity contribution in [2.45, 2.75) is 25.6 Å². The van der Waals surface area contributed by atoms with Gasteiger partial charge in [0.25, 0.3) is 5.91 Å². The van der Waals surface area contributed by atoms with Crippen LogP contribution in [0.25, 0.3) is 0 Å². The number of aryl methyl sites for hydroxylation is 1. The van der Waals surface area contributed by atoms with Crippen LogP contribution in [0.2, 0.25) is 0 Å². The highest BCUT2D eigenvalue weighted by atomic mass is 16.7. The number of likely N-dealkylation sites (tertiary alicyclic amines) is 1. The first kappa shape index (κ1) is 18.6. The largest absolute Gasteiger partial charge is 0.495 e. The number of piperidine rings is 1. The Kier molecular flexibility index (Phi) is 5.15. The lowest BCUT2D eigenvalue weighted by atomic mass is 10.0. The van der Waals surface area contributed by atoms with Crippen molar-refractivity contribution in [3.63, 3.8) is 0 Å². The summed E-state index contributed by atoms with van der Waals surface area (Å²) < 4.78 is 16.8. The van der Waals surface area contributed by atoms with Gasteiger partial charge in [0, 0.05) is 25.9 Å². The third kappa shape index (κ3) is 3.79. The van der Waals surface area contributed by atoms with Crippen LogP contribution in [0.1, 0.15) is 28.9 Å². The van der Waals surface area contributed by atoms with Crippen molar-refractivity contribution in [2.75, 3.05) is 38.7 Å². The summed E-state index contributed by atoms with van der Waals surface area (Å²) in [6.45, 7) is 4.42. The first-order valence-corrected chi connectivity index (χ1v) is 9.41. The van der Waals surface area contributed by atoms with E-state index in [2.05, 4.69) is 15.5 Å². The number of nitrogens with zero attached hydrogens (tertiary/aromatic N) is 3. The second-order valence-corrected chi connectivity index (χ2v) is 7.03. The van der Waals surface area contributed by atoms with E-state index in [-0.39, 0.29) is 5.91 Å². The number of carbonyl (C=O) groups excluding carboxylic acids is 1. The molecule has 148 valence electrons. The maximum Gasteiger partial charge on any atom is 0.274 e. The van der Waals surface area contributed by atoms with E-state index in [9.17, 15) is 4.79 Å². The van der Waals surface area contributed by atoms with Crippen LogP contribution in [0.3, 0.4) is 0 Å². The minimum absolute atomic E-state index is 0.125. The molecule has 2 saturated heterocycles. The van der Waals surface area contributed by atoms with Crippen molar-refractivity contribution in [2.24, 2.45) is 0 Å². The Morgan fingerprint density at radius 1 is 1.14 bits per heavy atom. The molecule has 8 heteroatoms. The van der Waals surface area contributed by atoms with Gasteiger partial charge in [0.2, 0.25) is 0 Å². The molecular formula is C20H24N4O4. The molecule has 0 bridgehead atoms. The number of carbonyl (C=O) groups is 1. The summed E-state index contributed by atoms with van der Waals surface area (Å²) in [5.41, 5.74) is 2.22. The highest BCUT2D eigenvalue weighted by Crippen LogP contribution is 2.32. The first-order chi connectivity index (χ1) is 13.6. The number of aromatic nitrogens is 2. The first-order valence-electron chi connectivity index (χ1n) is 9.41. The normalized spacial score (nSPS) is 18.3. The third-order valence-corrected chi connectivity index (χ3v) is 5.13. The summed E-state index contributed by atoms with van der Waals surface area (Å²) in [4.78, 5) is 14.5. The maximum absolute atomic E-state index is 12.7. The van der Waals surface area contributed by atoms with Crippen LogP contribution < -0.4 is 10.1 Å². The average molecular weight is 384 g/mol. The Balaban J connectivity index is 1.41. The number of hydrogen-bond acceptors (Lipinski definition) is 7. The molecule has 2 aliphatic rings. The number of ether oxygens (including phenoxy) is 3. The van der Waals surface area contributed by atoms with E-state index in [0.717, 1.165) is 11.3 Å². The zero-order valence-corrected chi connectivity index (χ0v) is 16.1. The molecule has 2 aliphatic heterocycles. The van der Waals surface area contributed by atoms with Crippen molar-refractivity contribution in [3.8, 4) is 5.75 Å². The average Bonchev–Trinajstić information content (AvgIpc) is 3.17. The Labute approximate surface area is 163 Å². The fourth-order valence-electron chi connectivity index (χ4n) is 3.57. The highest BCUT2D eigenvalue weighted by Gasteiger charge is 2.41. The maximum atomic E-state index is 12.7. The molecule has 2 aromatic rings. The molecule has 0 unspecified atom stereocenters. The monoisotopic (exact) mass is 384 g/mol. The summed E-state index contributed by atoms with van der Waals surface area (Å²) in [6, 6.07) is 9.27. The van der Waals surface area contributed by atoms with Crippen LogP contribution in [-0.2, 0) is 9.47 Å². The molecule has 1 aromatic carbocycles. The van der Waals surface area contributed by atoms with Gasteiger partial charge >= 0.3 is 0 Å². The van der Waals surface area contributed by atoms with Crippen LogP contribution in [0.5, 0.6) is 5.75 Å². The molecule has 1 amide bonds. The third-order valence-electron chi connectivity index (χ3n) is 5.13. The lowest BCUT2D eigenvalue weighted by molar-refractivity contribution is -0.181. The van der Waals surface area contributed by atoms with Crippen molar-refractivity contribution in [1.29, 1.82) is 0 Å². The molecule has 3 heterocycles. The van der Waals surface area contributed by atoms with Gasteiger partial charge in [-0.3, -0.25) is 4.79 Å². The van der Waals surface area contributed by atoms with E-state index in [0.29, 0.717) is 56.4 Å². The topological polar surface area (TPSA) is 85.8 Å². The smallest absolute Gasteiger partial charge is 0.274 e. The molecule has 1 N–H and O–H groups in total. The van der Waals surface area contributed by atoms with Gasteiger partial charge in [-0.1, -0.05) is 6.07 Å². The van der Waals surface area contributed by atoms with E-state index in [1.807, 2.05) is 25.1 Å². The molecule has 0 radical (unpaired) electrons. The van der Waals surface area contributed by atoms with Gasteiger partial charge in [-0.15, -0.1) is 10.2 Å². The van der Waals surface area contributed by atoms with Gasteiger partial charge in [-0.05, 0) is 36.8 Å². The van der Waals surface area contributed by atoms with Gasteiger partial charge in [-0.25, -0.2) is 0 Å². The Morgan fingerprint density at radius 3 is 2.54 bits per heavy atom. The van der Waals surface area contributed by atoms with E-state index < -0.39 is 5.79 Å². The fourth-order valence-corrected chi connectivity index (χ4v) is 3.57. The Hall–Kier alpha value is -2.71. The van der Waals surface area contributed by atoms with Crippen molar-refractivity contribution >= 4 is 17.4 Å². The van der Waals surface area contributed by atoms with Crippen LogP contribution >= 0.6 is 0 Å². The number of methoxy groups -OCH3 is 1. The molecule has 0 aliphatic carbocycles. The zero-order chi connectivity index (χ0) is 19.6. The van der Waals surface area contributed by atoms with E-state index in [1.54, 1.807) is 24.1 Å². The lowest BCUT2D eigenvalue weighted by Crippen LogP contribution is -2.47. The molecule has 8 nitrogen and oxygen atoms in total. The summed E-state index contributed by atoms with van der Waals surface area (Å²) in [7, 11) is 1.62. The second kappa shape index (κ2) is 7.73. The van der Waals surface area contributed by atoms with Crippen molar-refractivity contribution in [1.82, 2.24) is 15.1 Å². The summed E-state index contributed by atoms with van der Waals surface area (Å²) in [5, 5.41) is 11.4. The minimum Gasteiger partial charge on any atom is -0.495 e. The van der Waals surface area contributed by atoms with Crippen LogP contribution in [0.15, 0.2) is 30.3 Å². The molecule has 0 atom stereocenters. The quantitative estimate of drug-likeness (QED) is 0.867. The Morgan fingerprint density at radius 2 is 1.89 bits per heavy atom. The number of benzene rings is 1. The molecule has 2 fully saturated rings. The summed E-state index contributed by atoms with van der Waals surface area (Å²) in [5.74, 6) is 0.639. The summed E-state index contributed by atoms with van der Waals surface area (Å²) >= 11 is 0. The van der Waals surface area contributed by atoms with Crippen LogP contribution in [-0.4, -0.2) is 60.2 Å². The lowest BCUT2D eigenvalue weighted by Gasteiger charge is -2.37. The van der Waals surface area contributed by atoms with E-state index in [4.69, 9.17) is 14.2 Å². The summed E-state index contributed by atoms with van der Waals surface area (Å²) in [6.07, 6.45) is 1.36. The highest BCUT2D eigenvalue weighted by molar-refractivity contribution is 5.92.